The Morgan fingerprint density at radius 2 is 2.20 bits per heavy atom. The van der Waals surface area contributed by atoms with Gasteiger partial charge in [0.15, 0.2) is 0 Å². The molecule has 0 aliphatic carbocycles. The fourth-order valence-electron chi connectivity index (χ4n) is 1.53. The minimum absolute atomic E-state index is 0.316. The van der Waals surface area contributed by atoms with Gasteiger partial charge in [-0.2, -0.15) is 0 Å². The van der Waals surface area contributed by atoms with E-state index >= 15 is 0 Å². The molecule has 0 amide bonds. The van der Waals surface area contributed by atoms with Crippen molar-refractivity contribution in [3.8, 4) is 0 Å². The summed E-state index contributed by atoms with van der Waals surface area (Å²) in [6.07, 6.45) is 0. The fourth-order valence-corrected chi connectivity index (χ4v) is 1.53. The van der Waals surface area contributed by atoms with Crippen LogP contribution in [-0.4, -0.2) is 17.6 Å². The van der Waals surface area contributed by atoms with Gasteiger partial charge in [-0.05, 0) is 32.4 Å². The topological polar surface area (TPSA) is 65.2 Å². The number of hydrogen-bond acceptors (Lipinski definition) is 4. The molecule has 2 N–H and O–H groups in total. The Hall–Kier alpha value is -1.42. The molecule has 15 heavy (non-hydrogen) atoms. The molecule has 0 bridgehead atoms. The lowest BCUT2D eigenvalue weighted by Crippen LogP contribution is -2.12. The number of carbonyl (C=O) groups excluding carboxylic acids is 1. The molecule has 4 nitrogen and oxygen atoms in total. The summed E-state index contributed by atoms with van der Waals surface area (Å²) in [5.74, 6) is -0.316. The van der Waals surface area contributed by atoms with Crippen molar-refractivity contribution >= 4 is 5.97 Å². The minimum atomic E-state index is -0.316. The number of aryl methyl sites for hydroxylation is 2. The van der Waals surface area contributed by atoms with E-state index < -0.39 is 0 Å². The normalized spacial score (nSPS) is 10.1. The van der Waals surface area contributed by atoms with E-state index in [-0.39, 0.29) is 5.97 Å². The molecule has 1 aromatic heterocycles. The molecule has 0 unspecified atom stereocenters. The molecule has 1 heterocycles. The van der Waals surface area contributed by atoms with Gasteiger partial charge in [0, 0.05) is 6.54 Å². The smallest absolute Gasteiger partial charge is 0.340 e. The second-order valence-corrected chi connectivity index (χ2v) is 3.32. The summed E-state index contributed by atoms with van der Waals surface area (Å²) >= 11 is 0. The largest absolute Gasteiger partial charge is 0.462 e. The Morgan fingerprint density at radius 3 is 2.67 bits per heavy atom. The van der Waals surface area contributed by atoms with Crippen LogP contribution in [0.25, 0.3) is 0 Å². The molecule has 0 atom stereocenters. The maximum absolute atomic E-state index is 11.6. The molecule has 0 saturated heterocycles. The van der Waals surface area contributed by atoms with E-state index in [1.807, 2.05) is 13.0 Å². The Morgan fingerprint density at radius 1 is 1.53 bits per heavy atom. The zero-order chi connectivity index (χ0) is 11.4. The highest BCUT2D eigenvalue weighted by Crippen LogP contribution is 2.14. The third-order valence-corrected chi connectivity index (χ3v) is 2.14. The number of carbonyl (C=O) groups is 1. The summed E-state index contributed by atoms with van der Waals surface area (Å²) in [4.78, 5) is 15.8. The van der Waals surface area contributed by atoms with Gasteiger partial charge in [0.25, 0.3) is 0 Å². The van der Waals surface area contributed by atoms with E-state index in [0.717, 1.165) is 11.3 Å². The highest BCUT2D eigenvalue weighted by molar-refractivity contribution is 5.92. The molecule has 1 rings (SSSR count). The Kier molecular flexibility index (Phi) is 3.80. The standard InChI is InChI=1S/C11H16N2O2/c1-4-15-11(14)10-7(2)5-9(6-12)13-8(10)3/h5H,4,6,12H2,1-3H3. The van der Waals surface area contributed by atoms with Crippen molar-refractivity contribution in [3.63, 3.8) is 0 Å². The molecule has 0 radical (unpaired) electrons. The van der Waals surface area contributed by atoms with Gasteiger partial charge in [-0.3, -0.25) is 4.98 Å². The first kappa shape index (κ1) is 11.7. The zero-order valence-electron chi connectivity index (χ0n) is 9.33. The molecule has 0 aliphatic rings. The Labute approximate surface area is 89.5 Å². The van der Waals surface area contributed by atoms with Crippen molar-refractivity contribution < 1.29 is 9.53 Å². The van der Waals surface area contributed by atoms with Gasteiger partial charge in [0.05, 0.1) is 23.6 Å². The van der Waals surface area contributed by atoms with Crippen LogP contribution in [0.2, 0.25) is 0 Å². The number of nitrogens with zero attached hydrogens (tertiary/aromatic N) is 1. The van der Waals surface area contributed by atoms with Gasteiger partial charge < -0.3 is 10.5 Å². The number of hydrogen-bond donors (Lipinski definition) is 1. The van der Waals surface area contributed by atoms with Gasteiger partial charge in [-0.15, -0.1) is 0 Å². The van der Waals surface area contributed by atoms with Crippen LogP contribution in [0.15, 0.2) is 6.07 Å². The third-order valence-electron chi connectivity index (χ3n) is 2.14. The van der Waals surface area contributed by atoms with Crippen molar-refractivity contribution in [2.75, 3.05) is 6.61 Å². The molecular weight excluding hydrogens is 192 g/mol. The van der Waals surface area contributed by atoms with Crippen LogP contribution in [0.5, 0.6) is 0 Å². The second kappa shape index (κ2) is 4.89. The number of nitrogens with two attached hydrogens (primary N) is 1. The van der Waals surface area contributed by atoms with Gasteiger partial charge in [0.1, 0.15) is 0 Å². The molecule has 0 aromatic carbocycles. The molecule has 82 valence electrons. The summed E-state index contributed by atoms with van der Waals surface area (Å²) < 4.78 is 4.95. The average Bonchev–Trinajstić information content (AvgIpc) is 2.16. The first-order valence-corrected chi connectivity index (χ1v) is 4.94. The van der Waals surface area contributed by atoms with E-state index in [4.69, 9.17) is 10.5 Å². The highest BCUT2D eigenvalue weighted by Gasteiger charge is 2.14. The fraction of sp³-hybridized carbons (Fsp3) is 0.455. The van der Waals surface area contributed by atoms with Gasteiger partial charge in [-0.1, -0.05) is 0 Å². The minimum Gasteiger partial charge on any atom is -0.462 e. The average molecular weight is 208 g/mol. The van der Waals surface area contributed by atoms with Crippen molar-refractivity contribution in [1.29, 1.82) is 0 Å². The number of esters is 1. The van der Waals surface area contributed by atoms with E-state index in [2.05, 4.69) is 4.98 Å². The Balaban J connectivity index is 3.13. The predicted octanol–water partition coefficient (Wildman–Crippen LogP) is 1.33. The molecule has 1 aromatic rings. The first-order chi connectivity index (χ1) is 7.10. The monoisotopic (exact) mass is 208 g/mol. The summed E-state index contributed by atoms with van der Waals surface area (Å²) in [6.45, 7) is 6.18. The first-order valence-electron chi connectivity index (χ1n) is 4.94. The van der Waals surface area contributed by atoms with E-state index in [9.17, 15) is 4.79 Å². The van der Waals surface area contributed by atoms with Crippen molar-refractivity contribution in [2.24, 2.45) is 5.73 Å². The van der Waals surface area contributed by atoms with E-state index in [1.165, 1.54) is 0 Å². The molecule has 0 saturated carbocycles. The summed E-state index contributed by atoms with van der Waals surface area (Å²) in [6, 6.07) is 1.82. The molecule has 4 heteroatoms. The maximum atomic E-state index is 11.6. The van der Waals surface area contributed by atoms with Crippen LogP contribution in [0, 0.1) is 13.8 Å². The predicted molar refractivity (Wildman–Crippen MR) is 57.6 cm³/mol. The Bertz CT molecular complexity index is 352. The zero-order valence-corrected chi connectivity index (χ0v) is 9.33. The molecular formula is C11H16N2O2. The van der Waals surface area contributed by atoms with Crippen molar-refractivity contribution in [2.45, 2.75) is 27.3 Å². The summed E-state index contributed by atoms with van der Waals surface area (Å²) in [5, 5.41) is 0. The number of ether oxygens (including phenoxy) is 1. The van der Waals surface area contributed by atoms with Crippen molar-refractivity contribution in [1.82, 2.24) is 4.98 Å². The van der Waals surface area contributed by atoms with E-state index in [1.54, 1.807) is 13.8 Å². The lowest BCUT2D eigenvalue weighted by Gasteiger charge is -2.09. The lowest BCUT2D eigenvalue weighted by molar-refractivity contribution is 0.0524. The van der Waals surface area contributed by atoms with Crippen LogP contribution < -0.4 is 5.73 Å². The van der Waals surface area contributed by atoms with Crippen molar-refractivity contribution in [3.05, 3.63) is 28.6 Å². The van der Waals surface area contributed by atoms with Crippen LogP contribution >= 0.6 is 0 Å². The highest BCUT2D eigenvalue weighted by atomic mass is 16.5. The van der Waals surface area contributed by atoms with Gasteiger partial charge in [-0.25, -0.2) is 4.79 Å². The molecule has 0 spiro atoms. The van der Waals surface area contributed by atoms with Crippen LogP contribution in [-0.2, 0) is 11.3 Å². The summed E-state index contributed by atoms with van der Waals surface area (Å²) in [5.41, 5.74) is 8.37. The van der Waals surface area contributed by atoms with Gasteiger partial charge >= 0.3 is 5.97 Å². The van der Waals surface area contributed by atoms with Crippen LogP contribution in [0.3, 0.4) is 0 Å². The maximum Gasteiger partial charge on any atom is 0.340 e. The van der Waals surface area contributed by atoms with Crippen LogP contribution in [0.1, 0.15) is 34.2 Å². The third kappa shape index (κ3) is 2.53. The van der Waals surface area contributed by atoms with Crippen LogP contribution in [0.4, 0.5) is 0 Å². The molecule has 0 fully saturated rings. The SMILES string of the molecule is CCOC(=O)c1c(C)cc(CN)nc1C. The second-order valence-electron chi connectivity index (χ2n) is 3.32. The van der Waals surface area contributed by atoms with Gasteiger partial charge in [0.2, 0.25) is 0 Å². The number of pyridine rings is 1. The number of aromatic nitrogens is 1. The lowest BCUT2D eigenvalue weighted by atomic mass is 10.1. The molecule has 0 aliphatic heterocycles. The summed E-state index contributed by atoms with van der Waals surface area (Å²) in [7, 11) is 0. The van der Waals surface area contributed by atoms with E-state index in [0.29, 0.717) is 24.4 Å². The quantitative estimate of drug-likeness (QED) is 0.761. The number of rotatable bonds is 3.